The monoisotopic (exact) mass is 452 g/mol. The molecule has 0 bridgehead atoms. The van der Waals surface area contributed by atoms with Crippen LogP contribution in [0, 0.1) is 17.7 Å². The van der Waals surface area contributed by atoms with Crippen LogP contribution in [0.2, 0.25) is 0 Å². The lowest BCUT2D eigenvalue weighted by Gasteiger charge is -2.28. The van der Waals surface area contributed by atoms with Crippen LogP contribution in [-0.4, -0.2) is 53.9 Å². The molecule has 33 heavy (non-hydrogen) atoms. The minimum atomic E-state index is -0.318. The SMILES string of the molecule is CCN1CCC(CNC(=O)[C@H]2CC[C@H](NC(=O)c3ccc(-c4cccc(F)c4)nc3)CC2)C1. The lowest BCUT2D eigenvalue weighted by Crippen LogP contribution is -2.41. The number of aromatic nitrogens is 1. The van der Waals surface area contributed by atoms with Gasteiger partial charge in [0.15, 0.2) is 0 Å². The van der Waals surface area contributed by atoms with Crippen molar-refractivity contribution in [1.29, 1.82) is 0 Å². The molecule has 1 atom stereocenters. The molecule has 2 amide bonds. The minimum Gasteiger partial charge on any atom is -0.356 e. The summed E-state index contributed by atoms with van der Waals surface area (Å²) in [6.45, 7) is 6.23. The van der Waals surface area contributed by atoms with Crippen LogP contribution in [0.25, 0.3) is 11.3 Å². The van der Waals surface area contributed by atoms with Gasteiger partial charge in [0.1, 0.15) is 5.82 Å². The Balaban J connectivity index is 1.21. The Morgan fingerprint density at radius 2 is 1.94 bits per heavy atom. The van der Waals surface area contributed by atoms with Gasteiger partial charge in [-0.05, 0) is 75.4 Å². The van der Waals surface area contributed by atoms with Crippen molar-refractivity contribution < 1.29 is 14.0 Å². The molecule has 4 rings (SSSR count). The molecule has 2 aromatic rings. The quantitative estimate of drug-likeness (QED) is 0.673. The van der Waals surface area contributed by atoms with E-state index in [4.69, 9.17) is 0 Å². The Morgan fingerprint density at radius 3 is 2.61 bits per heavy atom. The summed E-state index contributed by atoms with van der Waals surface area (Å²) in [5.41, 5.74) is 1.78. The first kappa shape index (κ1) is 23.4. The van der Waals surface area contributed by atoms with Gasteiger partial charge in [-0.1, -0.05) is 19.1 Å². The average molecular weight is 453 g/mol. The zero-order valence-electron chi connectivity index (χ0n) is 19.2. The molecule has 176 valence electrons. The van der Waals surface area contributed by atoms with Gasteiger partial charge in [-0.2, -0.15) is 0 Å². The van der Waals surface area contributed by atoms with E-state index in [0.717, 1.165) is 58.3 Å². The third-order valence-corrected chi connectivity index (χ3v) is 6.96. The van der Waals surface area contributed by atoms with E-state index in [1.807, 2.05) is 0 Å². The third-order valence-electron chi connectivity index (χ3n) is 6.96. The van der Waals surface area contributed by atoms with Gasteiger partial charge in [0.05, 0.1) is 11.3 Å². The zero-order valence-corrected chi connectivity index (χ0v) is 19.2. The van der Waals surface area contributed by atoms with Crippen molar-refractivity contribution in [2.75, 3.05) is 26.2 Å². The van der Waals surface area contributed by atoms with Crippen molar-refractivity contribution in [2.24, 2.45) is 11.8 Å². The molecule has 1 aliphatic carbocycles. The van der Waals surface area contributed by atoms with E-state index in [9.17, 15) is 14.0 Å². The highest BCUT2D eigenvalue weighted by Gasteiger charge is 2.28. The number of carbonyl (C=O) groups is 2. The van der Waals surface area contributed by atoms with Gasteiger partial charge in [0.25, 0.3) is 5.91 Å². The first-order valence-corrected chi connectivity index (χ1v) is 12.0. The molecule has 6 nitrogen and oxygen atoms in total. The maximum Gasteiger partial charge on any atom is 0.253 e. The van der Waals surface area contributed by atoms with Gasteiger partial charge in [-0.15, -0.1) is 0 Å². The molecular formula is C26H33FN4O2. The number of hydrogen-bond donors (Lipinski definition) is 2. The molecule has 2 N–H and O–H groups in total. The minimum absolute atomic E-state index is 0.0362. The fraction of sp³-hybridized carbons (Fsp3) is 0.500. The Hall–Kier alpha value is -2.80. The van der Waals surface area contributed by atoms with E-state index in [-0.39, 0.29) is 29.6 Å². The number of pyridine rings is 1. The Morgan fingerprint density at radius 1 is 1.12 bits per heavy atom. The summed E-state index contributed by atoms with van der Waals surface area (Å²) >= 11 is 0. The fourth-order valence-corrected chi connectivity index (χ4v) is 4.87. The molecule has 1 unspecified atom stereocenters. The second-order valence-corrected chi connectivity index (χ2v) is 9.26. The highest BCUT2D eigenvalue weighted by molar-refractivity contribution is 5.94. The maximum absolute atomic E-state index is 13.4. The van der Waals surface area contributed by atoms with Crippen molar-refractivity contribution in [2.45, 2.75) is 45.1 Å². The number of likely N-dealkylation sites (tertiary alicyclic amines) is 1. The van der Waals surface area contributed by atoms with Gasteiger partial charge in [0, 0.05) is 36.8 Å². The first-order valence-electron chi connectivity index (χ1n) is 12.0. The fourth-order valence-electron chi connectivity index (χ4n) is 4.87. The Bertz CT molecular complexity index is 957. The molecule has 2 aliphatic rings. The molecule has 1 aliphatic heterocycles. The predicted molar refractivity (Wildman–Crippen MR) is 126 cm³/mol. The number of nitrogens with zero attached hydrogens (tertiary/aromatic N) is 2. The van der Waals surface area contributed by atoms with Gasteiger partial charge >= 0.3 is 0 Å². The molecule has 2 fully saturated rings. The summed E-state index contributed by atoms with van der Waals surface area (Å²) < 4.78 is 13.4. The van der Waals surface area contributed by atoms with E-state index in [2.05, 4.69) is 27.4 Å². The third kappa shape index (κ3) is 6.16. The molecular weight excluding hydrogens is 419 g/mol. The molecule has 1 aromatic carbocycles. The lowest BCUT2D eigenvalue weighted by molar-refractivity contribution is -0.126. The van der Waals surface area contributed by atoms with Crippen LogP contribution < -0.4 is 10.6 Å². The second kappa shape index (κ2) is 10.9. The number of hydrogen-bond acceptors (Lipinski definition) is 4. The molecule has 0 spiro atoms. The van der Waals surface area contributed by atoms with Crippen LogP contribution >= 0.6 is 0 Å². The Labute approximate surface area is 195 Å². The van der Waals surface area contributed by atoms with Crippen molar-refractivity contribution >= 4 is 11.8 Å². The molecule has 1 aromatic heterocycles. The van der Waals surface area contributed by atoms with E-state index < -0.39 is 0 Å². The van der Waals surface area contributed by atoms with Crippen LogP contribution in [0.3, 0.4) is 0 Å². The summed E-state index contributed by atoms with van der Waals surface area (Å²) in [6, 6.07) is 9.74. The normalized spacial score (nSPS) is 23.3. The van der Waals surface area contributed by atoms with Crippen LogP contribution in [0.5, 0.6) is 0 Å². The van der Waals surface area contributed by atoms with Crippen LogP contribution in [0.4, 0.5) is 4.39 Å². The van der Waals surface area contributed by atoms with E-state index in [0.29, 0.717) is 22.7 Å². The van der Waals surface area contributed by atoms with Crippen LogP contribution in [-0.2, 0) is 4.79 Å². The van der Waals surface area contributed by atoms with Gasteiger partial charge in [-0.3, -0.25) is 14.6 Å². The van der Waals surface area contributed by atoms with Gasteiger partial charge in [0.2, 0.25) is 5.91 Å². The molecule has 7 heteroatoms. The summed E-state index contributed by atoms with van der Waals surface area (Å²) in [5, 5.41) is 6.23. The van der Waals surface area contributed by atoms with Crippen molar-refractivity contribution in [3.8, 4) is 11.3 Å². The highest BCUT2D eigenvalue weighted by atomic mass is 19.1. The highest BCUT2D eigenvalue weighted by Crippen LogP contribution is 2.25. The van der Waals surface area contributed by atoms with E-state index in [1.165, 1.54) is 18.3 Å². The topological polar surface area (TPSA) is 74.3 Å². The van der Waals surface area contributed by atoms with Gasteiger partial charge < -0.3 is 15.5 Å². The van der Waals surface area contributed by atoms with Crippen molar-refractivity contribution in [3.05, 3.63) is 54.0 Å². The number of carbonyl (C=O) groups excluding carboxylic acids is 2. The molecule has 1 saturated carbocycles. The summed E-state index contributed by atoms with van der Waals surface area (Å²) in [4.78, 5) is 32.0. The lowest BCUT2D eigenvalue weighted by atomic mass is 9.85. The van der Waals surface area contributed by atoms with E-state index in [1.54, 1.807) is 24.3 Å². The van der Waals surface area contributed by atoms with Crippen molar-refractivity contribution in [1.82, 2.24) is 20.5 Å². The smallest absolute Gasteiger partial charge is 0.253 e. The predicted octanol–water partition coefficient (Wildman–Crippen LogP) is 3.63. The molecule has 2 heterocycles. The first-order chi connectivity index (χ1) is 16.0. The Kier molecular flexibility index (Phi) is 7.70. The standard InChI is InChI=1S/C26H33FN4O2/c1-2-31-13-12-18(17-31)15-29-25(32)19-6-9-23(10-7-19)30-26(33)21-8-11-24(28-16-21)20-4-3-5-22(27)14-20/h3-5,8,11,14,16,18-19,23H,2,6-7,9-10,12-13,15,17H2,1H3,(H,29,32)(H,30,33)/t18?,19-,23-. The largest absolute Gasteiger partial charge is 0.356 e. The number of benzene rings is 1. The van der Waals surface area contributed by atoms with Crippen molar-refractivity contribution in [3.63, 3.8) is 0 Å². The average Bonchev–Trinajstić information content (AvgIpc) is 3.31. The van der Waals surface area contributed by atoms with Crippen LogP contribution in [0.1, 0.15) is 49.4 Å². The number of rotatable bonds is 7. The summed E-state index contributed by atoms with van der Waals surface area (Å²) in [6.07, 6.45) is 5.86. The molecule has 1 saturated heterocycles. The number of nitrogens with one attached hydrogen (secondary N) is 2. The van der Waals surface area contributed by atoms with Crippen LogP contribution in [0.15, 0.2) is 42.6 Å². The number of halogens is 1. The molecule has 0 radical (unpaired) electrons. The second-order valence-electron chi connectivity index (χ2n) is 9.26. The summed E-state index contributed by atoms with van der Waals surface area (Å²) in [5.74, 6) is 0.274. The van der Waals surface area contributed by atoms with E-state index >= 15 is 0 Å². The van der Waals surface area contributed by atoms with Gasteiger partial charge in [-0.25, -0.2) is 4.39 Å². The summed E-state index contributed by atoms with van der Waals surface area (Å²) in [7, 11) is 0. The maximum atomic E-state index is 13.4. The number of amides is 2. The zero-order chi connectivity index (χ0) is 23.2.